The number of hydrogen-bond acceptors (Lipinski definition) is 6. The highest BCUT2D eigenvalue weighted by Crippen LogP contribution is 2.32. The Morgan fingerprint density at radius 3 is 2.96 bits per heavy atom. The van der Waals surface area contributed by atoms with Crippen LogP contribution in [0.15, 0.2) is 52.3 Å². The lowest BCUT2D eigenvalue weighted by molar-refractivity contribution is -0.109. The number of ketones is 1. The van der Waals surface area contributed by atoms with Gasteiger partial charge in [0.25, 0.3) is 5.88 Å². The predicted molar refractivity (Wildman–Crippen MR) is 84.5 cm³/mol. The third-order valence-corrected chi connectivity index (χ3v) is 3.38. The largest absolute Gasteiger partial charge is 0.506 e. The van der Waals surface area contributed by atoms with Gasteiger partial charge in [-0.15, -0.1) is 5.10 Å². The summed E-state index contributed by atoms with van der Waals surface area (Å²) in [6, 6.07) is 5.36. The Balaban J connectivity index is 2.11. The van der Waals surface area contributed by atoms with E-state index in [0.29, 0.717) is 11.2 Å². The average molecular weight is 334 g/mol. The first-order valence-electron chi connectivity index (χ1n) is 6.72. The van der Waals surface area contributed by atoms with Crippen LogP contribution in [-0.2, 0) is 4.79 Å². The third kappa shape index (κ3) is 2.96. The fraction of sp³-hybridized carbons (Fsp3) is 0.133. The minimum Gasteiger partial charge on any atom is -0.506 e. The summed E-state index contributed by atoms with van der Waals surface area (Å²) in [5.41, 5.74) is 1.03. The van der Waals surface area contributed by atoms with E-state index in [4.69, 9.17) is 21.4 Å². The number of carbonyl (C=O) groups is 1. The average Bonchev–Trinajstić information content (AvgIpc) is 2.88. The first-order valence-corrected chi connectivity index (χ1v) is 7.10. The maximum absolute atomic E-state index is 12.0. The molecule has 23 heavy (non-hydrogen) atoms. The first kappa shape index (κ1) is 15.3. The van der Waals surface area contributed by atoms with E-state index in [2.05, 4.69) is 10.1 Å². The zero-order valence-corrected chi connectivity index (χ0v) is 12.6. The zero-order chi connectivity index (χ0) is 16.4. The van der Waals surface area contributed by atoms with Crippen LogP contribution in [0.25, 0.3) is 5.52 Å². The normalized spacial score (nSPS) is 16.6. The Labute approximate surface area is 135 Å². The standard InChI is InChI=1S/C15H12ClN3O4/c16-9-7-10(13(22)8-12(9)21)17-14-11-3-1-2-4-19(11)18-15(14)23-6-5-20/h1-4,7-8,20-21H,5-6H2. The molecular formula is C15H12ClN3O4. The smallest absolute Gasteiger partial charge is 0.260 e. The van der Waals surface area contributed by atoms with Gasteiger partial charge in [0.05, 0.1) is 17.2 Å². The number of nitrogens with zero attached hydrogens (tertiary/aromatic N) is 3. The van der Waals surface area contributed by atoms with E-state index in [1.165, 1.54) is 6.08 Å². The minimum atomic E-state index is -0.477. The molecule has 1 aliphatic rings. The van der Waals surface area contributed by atoms with E-state index < -0.39 is 5.78 Å². The molecule has 3 rings (SSSR count). The Kier molecular flexibility index (Phi) is 4.14. The van der Waals surface area contributed by atoms with Gasteiger partial charge in [0.15, 0.2) is 5.69 Å². The summed E-state index contributed by atoms with van der Waals surface area (Å²) in [7, 11) is 0. The SMILES string of the molecule is O=C1C=C(O)C(Cl)=CC1=Nc1c(OCCO)nn2ccccc12. The lowest BCUT2D eigenvalue weighted by Gasteiger charge is -2.07. The molecule has 0 aliphatic heterocycles. The summed E-state index contributed by atoms with van der Waals surface area (Å²) in [4.78, 5) is 16.2. The lowest BCUT2D eigenvalue weighted by atomic mass is 10.1. The van der Waals surface area contributed by atoms with Crippen LogP contribution >= 0.6 is 11.6 Å². The fourth-order valence-corrected chi connectivity index (χ4v) is 2.21. The number of allylic oxidation sites excluding steroid dienone is 3. The van der Waals surface area contributed by atoms with Crippen LogP contribution in [0, 0.1) is 0 Å². The van der Waals surface area contributed by atoms with Gasteiger partial charge in [0.1, 0.15) is 18.1 Å². The van der Waals surface area contributed by atoms with Crippen LogP contribution in [0.5, 0.6) is 5.88 Å². The molecule has 0 spiro atoms. The maximum Gasteiger partial charge on any atom is 0.260 e. The maximum atomic E-state index is 12.0. The highest BCUT2D eigenvalue weighted by Gasteiger charge is 2.20. The number of carbonyl (C=O) groups excluding carboxylic acids is 1. The molecule has 0 unspecified atom stereocenters. The van der Waals surface area contributed by atoms with E-state index in [1.54, 1.807) is 28.9 Å². The van der Waals surface area contributed by atoms with E-state index >= 15 is 0 Å². The van der Waals surface area contributed by atoms with E-state index in [0.717, 1.165) is 6.08 Å². The van der Waals surface area contributed by atoms with Crippen molar-refractivity contribution in [2.45, 2.75) is 0 Å². The number of aromatic nitrogens is 2. The molecule has 2 N–H and O–H groups in total. The van der Waals surface area contributed by atoms with Crippen molar-refractivity contribution in [2.75, 3.05) is 13.2 Å². The second kappa shape index (κ2) is 6.23. The second-order valence-corrected chi connectivity index (χ2v) is 5.05. The summed E-state index contributed by atoms with van der Waals surface area (Å²) in [6.07, 6.45) is 3.99. The molecular weight excluding hydrogens is 322 g/mol. The van der Waals surface area contributed by atoms with Crippen molar-refractivity contribution in [3.8, 4) is 5.88 Å². The molecule has 0 saturated carbocycles. The first-order chi connectivity index (χ1) is 11.1. The van der Waals surface area contributed by atoms with Crippen molar-refractivity contribution in [3.05, 3.63) is 47.3 Å². The molecule has 2 heterocycles. The Morgan fingerprint density at radius 2 is 2.17 bits per heavy atom. The number of halogens is 1. The van der Waals surface area contributed by atoms with Gasteiger partial charge in [-0.25, -0.2) is 9.51 Å². The molecule has 118 valence electrons. The van der Waals surface area contributed by atoms with Gasteiger partial charge in [0, 0.05) is 12.3 Å². The molecule has 0 saturated heterocycles. The number of hydrogen-bond donors (Lipinski definition) is 2. The van der Waals surface area contributed by atoms with Crippen molar-refractivity contribution in [1.82, 2.24) is 9.61 Å². The van der Waals surface area contributed by atoms with Gasteiger partial charge in [-0.1, -0.05) is 17.7 Å². The van der Waals surface area contributed by atoms with Gasteiger partial charge in [0.2, 0.25) is 5.78 Å². The van der Waals surface area contributed by atoms with Gasteiger partial charge < -0.3 is 14.9 Å². The summed E-state index contributed by atoms with van der Waals surface area (Å²) >= 11 is 5.83. The number of fused-ring (bicyclic) bond motifs is 1. The highest BCUT2D eigenvalue weighted by atomic mass is 35.5. The Morgan fingerprint density at radius 1 is 1.35 bits per heavy atom. The van der Waals surface area contributed by atoms with Crippen LogP contribution in [-0.4, -0.2) is 44.5 Å². The van der Waals surface area contributed by atoms with Crippen LogP contribution in [0.4, 0.5) is 5.69 Å². The molecule has 0 atom stereocenters. The van der Waals surface area contributed by atoms with Gasteiger partial charge in [-0.05, 0) is 18.2 Å². The van der Waals surface area contributed by atoms with Crippen molar-refractivity contribution < 1.29 is 19.7 Å². The van der Waals surface area contributed by atoms with Gasteiger partial charge in [-0.3, -0.25) is 4.79 Å². The molecule has 0 bridgehead atoms. The van der Waals surface area contributed by atoms with Crippen LogP contribution in [0.3, 0.4) is 0 Å². The summed E-state index contributed by atoms with van der Waals surface area (Å²) in [5, 5.41) is 22.6. The summed E-state index contributed by atoms with van der Waals surface area (Å²) in [6.45, 7) is -0.127. The van der Waals surface area contributed by atoms with E-state index in [-0.39, 0.29) is 35.6 Å². The molecule has 0 aromatic carbocycles. The van der Waals surface area contributed by atoms with Crippen LogP contribution in [0.2, 0.25) is 0 Å². The van der Waals surface area contributed by atoms with Gasteiger partial charge >= 0.3 is 0 Å². The van der Waals surface area contributed by atoms with Crippen molar-refractivity contribution in [2.24, 2.45) is 4.99 Å². The number of rotatable bonds is 4. The molecule has 7 nitrogen and oxygen atoms in total. The topological polar surface area (TPSA) is 96.4 Å². The number of aliphatic imine (C=N–C) groups is 1. The summed E-state index contributed by atoms with van der Waals surface area (Å²) in [5.74, 6) is -0.587. The molecule has 2 aromatic rings. The Hall–Kier alpha value is -2.64. The van der Waals surface area contributed by atoms with Crippen molar-refractivity contribution >= 4 is 34.3 Å². The van der Waals surface area contributed by atoms with Crippen molar-refractivity contribution in [3.63, 3.8) is 0 Å². The molecule has 8 heteroatoms. The lowest BCUT2D eigenvalue weighted by Crippen LogP contribution is -2.14. The summed E-state index contributed by atoms with van der Waals surface area (Å²) < 4.78 is 6.93. The molecule has 0 fully saturated rings. The highest BCUT2D eigenvalue weighted by molar-refractivity contribution is 6.52. The van der Waals surface area contributed by atoms with E-state index in [9.17, 15) is 9.90 Å². The number of ether oxygens (including phenoxy) is 1. The number of aliphatic hydroxyl groups excluding tert-OH is 2. The quantitative estimate of drug-likeness (QED) is 0.833. The molecule has 0 radical (unpaired) electrons. The van der Waals surface area contributed by atoms with Gasteiger partial charge in [-0.2, -0.15) is 0 Å². The molecule has 1 aliphatic carbocycles. The van der Waals surface area contributed by atoms with Crippen LogP contribution in [0.1, 0.15) is 0 Å². The van der Waals surface area contributed by atoms with E-state index in [1.807, 2.05) is 0 Å². The number of pyridine rings is 1. The number of aliphatic hydroxyl groups is 2. The fourth-order valence-electron chi connectivity index (χ4n) is 2.05. The second-order valence-electron chi connectivity index (χ2n) is 4.64. The van der Waals surface area contributed by atoms with Crippen molar-refractivity contribution in [1.29, 1.82) is 0 Å². The zero-order valence-electron chi connectivity index (χ0n) is 11.8. The van der Waals surface area contributed by atoms with Crippen LogP contribution < -0.4 is 4.74 Å². The monoisotopic (exact) mass is 333 g/mol. The minimum absolute atomic E-state index is 0.0256. The Bertz CT molecular complexity index is 867. The third-order valence-electron chi connectivity index (χ3n) is 3.07. The predicted octanol–water partition coefficient (Wildman–Crippen LogP) is 1.93. The molecule has 0 amide bonds. The molecule has 2 aromatic heterocycles.